The zero-order chi connectivity index (χ0) is 15.2. The SMILES string of the molecule is Cc1ccc(COC(c2ccccc2)c2ccccc2)cc1. The van der Waals surface area contributed by atoms with Gasteiger partial charge in [-0.25, -0.2) is 0 Å². The minimum Gasteiger partial charge on any atom is -0.364 e. The van der Waals surface area contributed by atoms with Crippen LogP contribution in [0.3, 0.4) is 0 Å². The molecule has 0 heterocycles. The van der Waals surface area contributed by atoms with Crippen molar-refractivity contribution in [2.75, 3.05) is 0 Å². The number of hydrogen-bond acceptors (Lipinski definition) is 1. The van der Waals surface area contributed by atoms with E-state index in [0.29, 0.717) is 6.61 Å². The fraction of sp³-hybridized carbons (Fsp3) is 0.143. The number of rotatable bonds is 5. The molecule has 0 aliphatic carbocycles. The van der Waals surface area contributed by atoms with E-state index in [0.717, 1.165) is 0 Å². The van der Waals surface area contributed by atoms with Gasteiger partial charge in [0.2, 0.25) is 0 Å². The van der Waals surface area contributed by atoms with Crippen molar-refractivity contribution in [1.82, 2.24) is 0 Å². The van der Waals surface area contributed by atoms with Crippen LogP contribution in [0.5, 0.6) is 0 Å². The minimum atomic E-state index is -0.0382. The second-order valence-corrected chi connectivity index (χ2v) is 5.50. The first kappa shape index (κ1) is 14.6. The van der Waals surface area contributed by atoms with E-state index in [1.165, 1.54) is 22.3 Å². The lowest BCUT2D eigenvalue weighted by Gasteiger charge is -2.19. The Morgan fingerprint density at radius 2 is 1.18 bits per heavy atom. The standard InChI is InChI=1S/C21H20O/c1-17-12-14-18(15-13-17)16-22-21(19-8-4-2-5-9-19)20-10-6-3-7-11-20/h2-15,21H,16H2,1H3. The molecule has 3 aromatic rings. The maximum absolute atomic E-state index is 6.24. The van der Waals surface area contributed by atoms with Crippen LogP contribution >= 0.6 is 0 Å². The molecule has 0 aromatic heterocycles. The Hall–Kier alpha value is -2.38. The molecule has 0 spiro atoms. The largest absolute Gasteiger partial charge is 0.364 e. The molecule has 0 saturated carbocycles. The van der Waals surface area contributed by atoms with Crippen molar-refractivity contribution >= 4 is 0 Å². The van der Waals surface area contributed by atoms with Crippen LogP contribution in [-0.2, 0) is 11.3 Å². The Kier molecular flexibility index (Phi) is 4.67. The topological polar surface area (TPSA) is 9.23 Å². The molecular formula is C21H20O. The van der Waals surface area contributed by atoms with Crippen LogP contribution in [0.1, 0.15) is 28.4 Å². The van der Waals surface area contributed by atoms with Gasteiger partial charge in [-0.05, 0) is 23.6 Å². The van der Waals surface area contributed by atoms with E-state index < -0.39 is 0 Å². The van der Waals surface area contributed by atoms with Crippen molar-refractivity contribution in [3.8, 4) is 0 Å². The number of ether oxygens (including phenoxy) is 1. The molecule has 0 fully saturated rings. The van der Waals surface area contributed by atoms with Crippen LogP contribution in [0.25, 0.3) is 0 Å². The van der Waals surface area contributed by atoms with Crippen LogP contribution in [-0.4, -0.2) is 0 Å². The van der Waals surface area contributed by atoms with Gasteiger partial charge in [0.05, 0.1) is 6.61 Å². The Labute approximate surface area is 132 Å². The van der Waals surface area contributed by atoms with E-state index in [1.807, 2.05) is 12.1 Å². The van der Waals surface area contributed by atoms with Crippen LogP contribution < -0.4 is 0 Å². The van der Waals surface area contributed by atoms with Crippen LogP contribution in [0.15, 0.2) is 84.9 Å². The van der Waals surface area contributed by atoms with Crippen LogP contribution in [0, 0.1) is 6.92 Å². The molecule has 0 bridgehead atoms. The summed E-state index contributed by atoms with van der Waals surface area (Å²) in [5.41, 5.74) is 4.83. The predicted octanol–water partition coefficient (Wildman–Crippen LogP) is 5.30. The first-order valence-electron chi connectivity index (χ1n) is 7.60. The van der Waals surface area contributed by atoms with Gasteiger partial charge in [0, 0.05) is 0 Å². The number of benzene rings is 3. The van der Waals surface area contributed by atoms with Crippen molar-refractivity contribution in [2.24, 2.45) is 0 Å². The summed E-state index contributed by atoms with van der Waals surface area (Å²) in [5, 5.41) is 0. The highest BCUT2D eigenvalue weighted by Crippen LogP contribution is 2.26. The second kappa shape index (κ2) is 7.06. The Morgan fingerprint density at radius 1 is 0.682 bits per heavy atom. The summed E-state index contributed by atoms with van der Waals surface area (Å²) < 4.78 is 6.24. The smallest absolute Gasteiger partial charge is 0.108 e. The van der Waals surface area contributed by atoms with E-state index >= 15 is 0 Å². The Balaban J connectivity index is 1.81. The van der Waals surface area contributed by atoms with E-state index in [9.17, 15) is 0 Å². The molecule has 0 aliphatic rings. The van der Waals surface area contributed by atoms with E-state index in [2.05, 4.69) is 79.7 Å². The molecule has 0 amide bonds. The minimum absolute atomic E-state index is 0.0382. The van der Waals surface area contributed by atoms with Gasteiger partial charge in [0.15, 0.2) is 0 Å². The summed E-state index contributed by atoms with van der Waals surface area (Å²) in [6.45, 7) is 2.70. The van der Waals surface area contributed by atoms with Gasteiger partial charge in [0.25, 0.3) is 0 Å². The molecular weight excluding hydrogens is 268 g/mol. The summed E-state index contributed by atoms with van der Waals surface area (Å²) in [6, 6.07) is 29.3. The molecule has 1 heteroatoms. The quantitative estimate of drug-likeness (QED) is 0.619. The molecule has 0 radical (unpaired) electrons. The first-order valence-corrected chi connectivity index (χ1v) is 7.60. The monoisotopic (exact) mass is 288 g/mol. The van der Waals surface area contributed by atoms with E-state index in [-0.39, 0.29) is 6.10 Å². The zero-order valence-electron chi connectivity index (χ0n) is 12.8. The average molecular weight is 288 g/mol. The molecule has 0 unspecified atom stereocenters. The summed E-state index contributed by atoms with van der Waals surface area (Å²) in [4.78, 5) is 0. The fourth-order valence-corrected chi connectivity index (χ4v) is 2.50. The van der Waals surface area contributed by atoms with Crippen molar-refractivity contribution in [3.05, 3.63) is 107 Å². The van der Waals surface area contributed by atoms with Crippen molar-refractivity contribution < 1.29 is 4.74 Å². The van der Waals surface area contributed by atoms with Gasteiger partial charge in [-0.2, -0.15) is 0 Å². The lowest BCUT2D eigenvalue weighted by molar-refractivity contribution is 0.0667. The lowest BCUT2D eigenvalue weighted by Crippen LogP contribution is -2.06. The zero-order valence-corrected chi connectivity index (χ0v) is 12.8. The first-order chi connectivity index (χ1) is 10.8. The summed E-state index contributed by atoms with van der Waals surface area (Å²) in [5.74, 6) is 0. The third kappa shape index (κ3) is 3.63. The highest BCUT2D eigenvalue weighted by atomic mass is 16.5. The van der Waals surface area contributed by atoms with Crippen molar-refractivity contribution in [3.63, 3.8) is 0 Å². The summed E-state index contributed by atoms with van der Waals surface area (Å²) >= 11 is 0. The predicted molar refractivity (Wildman–Crippen MR) is 90.7 cm³/mol. The van der Waals surface area contributed by atoms with Gasteiger partial charge in [-0.3, -0.25) is 0 Å². The Morgan fingerprint density at radius 3 is 1.68 bits per heavy atom. The van der Waals surface area contributed by atoms with Crippen LogP contribution in [0.2, 0.25) is 0 Å². The van der Waals surface area contributed by atoms with Crippen molar-refractivity contribution in [1.29, 1.82) is 0 Å². The highest BCUT2D eigenvalue weighted by Gasteiger charge is 2.14. The third-order valence-electron chi connectivity index (χ3n) is 3.74. The van der Waals surface area contributed by atoms with Gasteiger partial charge >= 0.3 is 0 Å². The van der Waals surface area contributed by atoms with Crippen LogP contribution in [0.4, 0.5) is 0 Å². The van der Waals surface area contributed by atoms with Gasteiger partial charge < -0.3 is 4.74 Å². The normalized spacial score (nSPS) is 10.8. The maximum atomic E-state index is 6.24. The Bertz CT molecular complexity index is 647. The van der Waals surface area contributed by atoms with Crippen molar-refractivity contribution in [2.45, 2.75) is 19.6 Å². The molecule has 0 N–H and O–H groups in total. The molecule has 1 nitrogen and oxygen atoms in total. The molecule has 3 rings (SSSR count). The molecule has 0 aliphatic heterocycles. The lowest BCUT2D eigenvalue weighted by atomic mass is 10.0. The summed E-state index contributed by atoms with van der Waals surface area (Å²) in [7, 11) is 0. The molecule has 3 aromatic carbocycles. The molecule has 0 saturated heterocycles. The van der Waals surface area contributed by atoms with E-state index in [4.69, 9.17) is 4.74 Å². The van der Waals surface area contributed by atoms with Gasteiger partial charge in [-0.15, -0.1) is 0 Å². The van der Waals surface area contributed by atoms with Gasteiger partial charge in [0.1, 0.15) is 6.10 Å². The van der Waals surface area contributed by atoms with E-state index in [1.54, 1.807) is 0 Å². The fourth-order valence-electron chi connectivity index (χ4n) is 2.50. The highest BCUT2D eigenvalue weighted by molar-refractivity contribution is 5.30. The molecule has 0 atom stereocenters. The number of hydrogen-bond donors (Lipinski definition) is 0. The maximum Gasteiger partial charge on any atom is 0.108 e. The average Bonchev–Trinajstić information content (AvgIpc) is 2.59. The second-order valence-electron chi connectivity index (χ2n) is 5.50. The van der Waals surface area contributed by atoms with Gasteiger partial charge in [-0.1, -0.05) is 90.5 Å². The number of aryl methyl sites for hydroxylation is 1. The third-order valence-corrected chi connectivity index (χ3v) is 3.74. The summed E-state index contributed by atoms with van der Waals surface area (Å²) in [6.07, 6.45) is -0.0382. The molecule has 22 heavy (non-hydrogen) atoms. The molecule has 110 valence electrons.